The van der Waals surface area contributed by atoms with Gasteiger partial charge < -0.3 is 20.1 Å². The fourth-order valence-electron chi connectivity index (χ4n) is 3.09. The Hall–Kier alpha value is -4.21. The van der Waals surface area contributed by atoms with Crippen molar-refractivity contribution in [1.29, 1.82) is 0 Å². The minimum Gasteiger partial charge on any atom is -0.493 e. The highest BCUT2D eigenvalue weighted by molar-refractivity contribution is 5.95. The summed E-state index contributed by atoms with van der Waals surface area (Å²) in [5.41, 5.74) is 1.68. The molecule has 2 N–H and O–H groups in total. The van der Waals surface area contributed by atoms with Gasteiger partial charge in [0.1, 0.15) is 6.33 Å². The molecule has 3 rings (SSSR count). The summed E-state index contributed by atoms with van der Waals surface area (Å²) in [5, 5.41) is 17.7. The molecule has 1 heterocycles. The SMILES string of the molecule is COc1ccc(CCNc2ncnc(Nc3cccc(C(C)=O)c3)c2[N+](=O)[O-])cc1OC. The lowest BCUT2D eigenvalue weighted by Gasteiger charge is -2.12. The molecule has 0 saturated carbocycles. The van der Waals surface area contributed by atoms with E-state index in [-0.39, 0.29) is 23.1 Å². The molecule has 10 heteroatoms. The summed E-state index contributed by atoms with van der Waals surface area (Å²) in [6.45, 7) is 1.85. The minimum atomic E-state index is -0.546. The molecule has 1 aromatic heterocycles. The number of anilines is 3. The fraction of sp³-hybridized carbons (Fsp3) is 0.227. The minimum absolute atomic E-state index is 0.0271. The van der Waals surface area contributed by atoms with Crippen LogP contribution in [0.5, 0.6) is 11.5 Å². The normalized spacial score (nSPS) is 10.3. The third kappa shape index (κ3) is 5.28. The van der Waals surface area contributed by atoms with Gasteiger partial charge in [0.2, 0.25) is 11.6 Å². The van der Waals surface area contributed by atoms with E-state index in [1.54, 1.807) is 44.6 Å². The van der Waals surface area contributed by atoms with Crippen molar-refractivity contribution in [1.82, 2.24) is 9.97 Å². The number of benzene rings is 2. The predicted molar refractivity (Wildman–Crippen MR) is 120 cm³/mol. The van der Waals surface area contributed by atoms with Crippen LogP contribution in [0.1, 0.15) is 22.8 Å². The van der Waals surface area contributed by atoms with E-state index in [1.807, 2.05) is 12.1 Å². The van der Waals surface area contributed by atoms with Crippen LogP contribution in [0.2, 0.25) is 0 Å². The summed E-state index contributed by atoms with van der Waals surface area (Å²) >= 11 is 0. The van der Waals surface area contributed by atoms with Crippen molar-refractivity contribution in [2.24, 2.45) is 0 Å². The van der Waals surface area contributed by atoms with Crippen LogP contribution in [0, 0.1) is 10.1 Å². The number of carbonyl (C=O) groups excluding carboxylic acids is 1. The van der Waals surface area contributed by atoms with Gasteiger partial charge in [-0.1, -0.05) is 18.2 Å². The zero-order valence-electron chi connectivity index (χ0n) is 17.9. The maximum Gasteiger partial charge on any atom is 0.353 e. The Morgan fingerprint density at radius 3 is 2.50 bits per heavy atom. The lowest BCUT2D eigenvalue weighted by atomic mass is 10.1. The monoisotopic (exact) mass is 437 g/mol. The quantitative estimate of drug-likeness (QED) is 0.275. The van der Waals surface area contributed by atoms with E-state index in [2.05, 4.69) is 20.6 Å². The average molecular weight is 437 g/mol. The molecular weight excluding hydrogens is 414 g/mol. The molecule has 0 bridgehead atoms. The van der Waals surface area contributed by atoms with E-state index in [4.69, 9.17) is 9.47 Å². The van der Waals surface area contributed by atoms with Crippen LogP contribution in [-0.4, -0.2) is 41.4 Å². The van der Waals surface area contributed by atoms with E-state index >= 15 is 0 Å². The van der Waals surface area contributed by atoms with Crippen LogP contribution in [-0.2, 0) is 6.42 Å². The second-order valence-corrected chi connectivity index (χ2v) is 6.80. The Kier molecular flexibility index (Phi) is 7.17. The zero-order chi connectivity index (χ0) is 23.1. The van der Waals surface area contributed by atoms with Crippen molar-refractivity contribution >= 4 is 28.8 Å². The zero-order valence-corrected chi connectivity index (χ0v) is 17.9. The van der Waals surface area contributed by atoms with Crippen molar-refractivity contribution in [3.63, 3.8) is 0 Å². The van der Waals surface area contributed by atoms with Crippen molar-refractivity contribution in [2.45, 2.75) is 13.3 Å². The van der Waals surface area contributed by atoms with Crippen LogP contribution >= 0.6 is 0 Å². The third-order valence-corrected chi connectivity index (χ3v) is 4.69. The molecule has 10 nitrogen and oxygen atoms in total. The summed E-state index contributed by atoms with van der Waals surface area (Å²) in [5.74, 6) is 1.25. The van der Waals surface area contributed by atoms with Crippen LogP contribution < -0.4 is 20.1 Å². The van der Waals surface area contributed by atoms with Crippen molar-refractivity contribution in [3.05, 3.63) is 70.0 Å². The van der Waals surface area contributed by atoms with Crippen LogP contribution in [0.3, 0.4) is 0 Å². The number of hydrogen-bond acceptors (Lipinski definition) is 9. The standard InChI is InChI=1S/C22H23N5O5/c1-14(28)16-5-4-6-17(12-16)26-22-20(27(29)30)21(24-13-25-22)23-10-9-15-7-8-18(31-2)19(11-15)32-3/h4-8,11-13H,9-10H2,1-3H3,(H2,23,24,25,26). The fourth-order valence-corrected chi connectivity index (χ4v) is 3.09. The van der Waals surface area contributed by atoms with E-state index < -0.39 is 4.92 Å². The first-order chi connectivity index (χ1) is 15.4. The molecule has 166 valence electrons. The molecule has 0 fully saturated rings. The lowest BCUT2D eigenvalue weighted by molar-refractivity contribution is -0.383. The number of nitrogens with zero attached hydrogens (tertiary/aromatic N) is 3. The first-order valence-electron chi connectivity index (χ1n) is 9.75. The predicted octanol–water partition coefficient (Wildman–Crippen LogP) is 4.00. The molecule has 0 aliphatic rings. The molecule has 0 amide bonds. The maximum atomic E-state index is 11.8. The van der Waals surface area contributed by atoms with Gasteiger partial charge in [-0.3, -0.25) is 14.9 Å². The molecule has 0 spiro atoms. The molecule has 0 unspecified atom stereocenters. The van der Waals surface area contributed by atoms with Gasteiger partial charge in [-0.2, -0.15) is 0 Å². The molecule has 3 aromatic rings. The summed E-state index contributed by atoms with van der Waals surface area (Å²) in [6, 6.07) is 12.2. The highest BCUT2D eigenvalue weighted by Gasteiger charge is 2.23. The van der Waals surface area contributed by atoms with Gasteiger partial charge in [0.05, 0.1) is 19.1 Å². The van der Waals surface area contributed by atoms with Gasteiger partial charge in [0.25, 0.3) is 0 Å². The van der Waals surface area contributed by atoms with Crippen LogP contribution in [0.4, 0.5) is 23.0 Å². The highest BCUT2D eigenvalue weighted by Crippen LogP contribution is 2.32. The first kappa shape index (κ1) is 22.5. The largest absolute Gasteiger partial charge is 0.493 e. The van der Waals surface area contributed by atoms with Crippen molar-refractivity contribution in [2.75, 3.05) is 31.4 Å². The van der Waals surface area contributed by atoms with Crippen LogP contribution in [0.15, 0.2) is 48.8 Å². The Labute approximate surface area is 184 Å². The van der Waals surface area contributed by atoms with Gasteiger partial charge in [0.15, 0.2) is 17.3 Å². The Morgan fingerprint density at radius 1 is 1.06 bits per heavy atom. The van der Waals surface area contributed by atoms with E-state index in [0.29, 0.717) is 35.7 Å². The Balaban J connectivity index is 1.77. The maximum absolute atomic E-state index is 11.8. The van der Waals surface area contributed by atoms with Gasteiger partial charge in [0, 0.05) is 17.8 Å². The first-order valence-corrected chi connectivity index (χ1v) is 9.75. The highest BCUT2D eigenvalue weighted by atomic mass is 16.6. The van der Waals surface area contributed by atoms with Gasteiger partial charge in [-0.15, -0.1) is 0 Å². The molecule has 2 aromatic carbocycles. The third-order valence-electron chi connectivity index (χ3n) is 4.69. The Morgan fingerprint density at radius 2 is 1.81 bits per heavy atom. The number of methoxy groups -OCH3 is 2. The molecule has 0 saturated heterocycles. The number of nitrogens with one attached hydrogen (secondary N) is 2. The van der Waals surface area contributed by atoms with Gasteiger partial charge in [-0.25, -0.2) is 9.97 Å². The summed E-state index contributed by atoms with van der Waals surface area (Å²) in [6.07, 6.45) is 1.81. The van der Waals surface area contributed by atoms with Crippen molar-refractivity contribution in [3.8, 4) is 11.5 Å². The smallest absolute Gasteiger partial charge is 0.353 e. The number of nitro groups is 1. The molecule has 0 radical (unpaired) electrons. The van der Waals surface area contributed by atoms with E-state index in [9.17, 15) is 14.9 Å². The molecule has 0 aliphatic heterocycles. The summed E-state index contributed by atoms with van der Waals surface area (Å²) < 4.78 is 10.5. The molecule has 0 aliphatic carbocycles. The number of rotatable bonds is 10. The van der Waals surface area contributed by atoms with Crippen molar-refractivity contribution < 1.29 is 19.2 Å². The summed E-state index contributed by atoms with van der Waals surface area (Å²) in [4.78, 5) is 30.9. The topological polar surface area (TPSA) is 129 Å². The second-order valence-electron chi connectivity index (χ2n) is 6.80. The average Bonchev–Trinajstić information content (AvgIpc) is 2.79. The number of Topliss-reactive ketones (excluding diaryl/α,β-unsaturated/α-hetero) is 1. The van der Waals surface area contributed by atoms with Gasteiger partial charge >= 0.3 is 5.69 Å². The number of ether oxygens (including phenoxy) is 2. The molecule has 0 atom stereocenters. The van der Waals surface area contributed by atoms with E-state index in [1.165, 1.54) is 13.3 Å². The van der Waals surface area contributed by atoms with Crippen LogP contribution in [0.25, 0.3) is 0 Å². The second kappa shape index (κ2) is 10.2. The molecule has 32 heavy (non-hydrogen) atoms. The number of hydrogen-bond donors (Lipinski definition) is 2. The molecular formula is C22H23N5O5. The lowest BCUT2D eigenvalue weighted by Crippen LogP contribution is -2.11. The number of carbonyl (C=O) groups is 1. The summed E-state index contributed by atoms with van der Waals surface area (Å²) in [7, 11) is 3.13. The van der Waals surface area contributed by atoms with E-state index in [0.717, 1.165) is 5.56 Å². The number of ketones is 1. The van der Waals surface area contributed by atoms with Gasteiger partial charge in [-0.05, 0) is 43.2 Å². The Bertz CT molecular complexity index is 1140. The number of aromatic nitrogens is 2.